The number of esters is 1. The summed E-state index contributed by atoms with van der Waals surface area (Å²) >= 11 is 0. The Kier molecular flexibility index (Phi) is 4.07. The summed E-state index contributed by atoms with van der Waals surface area (Å²) in [5.41, 5.74) is 0.731. The number of Topliss-reactive ketones (excluding diaryl/α,β-unsaturated/α-hetero) is 1. The monoisotopic (exact) mass is 349 g/mol. The van der Waals surface area contributed by atoms with E-state index in [2.05, 4.69) is 0 Å². The zero-order valence-corrected chi connectivity index (χ0v) is 14.3. The maximum absolute atomic E-state index is 12.8. The van der Waals surface area contributed by atoms with E-state index in [0.717, 1.165) is 24.2 Å². The maximum Gasteiger partial charge on any atom is 0.322 e. The Morgan fingerprint density at radius 1 is 0.962 bits per heavy atom. The first-order valence-corrected chi connectivity index (χ1v) is 8.78. The van der Waals surface area contributed by atoms with Crippen LogP contribution in [0.1, 0.15) is 31.2 Å². The van der Waals surface area contributed by atoms with Crippen molar-refractivity contribution in [1.82, 2.24) is 0 Å². The number of anilines is 1. The van der Waals surface area contributed by atoms with E-state index in [1.54, 1.807) is 29.2 Å². The Labute approximate surface area is 151 Å². The van der Waals surface area contributed by atoms with Crippen LogP contribution in [-0.2, 0) is 19.8 Å². The highest BCUT2D eigenvalue weighted by atomic mass is 16.5. The number of ether oxygens (including phenoxy) is 1. The van der Waals surface area contributed by atoms with Crippen LogP contribution in [0.25, 0.3) is 0 Å². The Bertz CT molecular complexity index is 849. The van der Waals surface area contributed by atoms with Crippen molar-refractivity contribution in [1.29, 1.82) is 0 Å². The maximum atomic E-state index is 12.8. The number of rotatable bonds is 4. The molecule has 2 aliphatic rings. The number of hydrogen-bond acceptors (Lipinski definition) is 4. The van der Waals surface area contributed by atoms with Gasteiger partial charge in [0.25, 0.3) is 0 Å². The lowest BCUT2D eigenvalue weighted by molar-refractivity contribution is -0.151. The minimum absolute atomic E-state index is 0.0636. The summed E-state index contributed by atoms with van der Waals surface area (Å²) in [7, 11) is 0. The van der Waals surface area contributed by atoms with Gasteiger partial charge in [-0.05, 0) is 36.2 Å². The highest BCUT2D eigenvalue weighted by molar-refractivity contribution is 6.02. The van der Waals surface area contributed by atoms with Crippen molar-refractivity contribution in [3.63, 3.8) is 0 Å². The number of ketones is 1. The van der Waals surface area contributed by atoms with Crippen molar-refractivity contribution in [3.05, 3.63) is 60.2 Å². The summed E-state index contributed by atoms with van der Waals surface area (Å²) < 4.78 is 5.57. The average molecular weight is 349 g/mol. The zero-order valence-electron chi connectivity index (χ0n) is 14.3. The molecule has 1 heterocycles. The van der Waals surface area contributed by atoms with Crippen molar-refractivity contribution in [2.24, 2.45) is 0 Å². The third-order valence-corrected chi connectivity index (χ3v) is 5.15. The molecule has 5 heteroatoms. The number of carbonyl (C=O) groups excluding carboxylic acids is 3. The second kappa shape index (κ2) is 6.41. The van der Waals surface area contributed by atoms with Gasteiger partial charge in [0.2, 0.25) is 5.91 Å². The van der Waals surface area contributed by atoms with E-state index in [-0.39, 0.29) is 24.5 Å². The predicted octanol–water partition coefficient (Wildman–Crippen LogP) is 3.02. The van der Waals surface area contributed by atoms with Crippen molar-refractivity contribution in [2.45, 2.75) is 31.1 Å². The molecule has 0 bridgehead atoms. The van der Waals surface area contributed by atoms with Gasteiger partial charge >= 0.3 is 5.97 Å². The van der Waals surface area contributed by atoms with Gasteiger partial charge < -0.3 is 9.64 Å². The molecule has 1 amide bonds. The molecule has 1 saturated carbocycles. The molecule has 4 rings (SSSR count). The fourth-order valence-electron chi connectivity index (χ4n) is 3.66. The number of amides is 1. The van der Waals surface area contributed by atoms with E-state index in [4.69, 9.17) is 4.74 Å². The average Bonchev–Trinajstić information content (AvgIpc) is 3.06. The number of nitrogens with zero attached hydrogens (tertiary/aromatic N) is 1. The van der Waals surface area contributed by atoms with E-state index in [0.29, 0.717) is 12.2 Å². The molecule has 26 heavy (non-hydrogen) atoms. The summed E-state index contributed by atoms with van der Waals surface area (Å²) in [6, 6.07) is 16.3. The molecule has 1 aliphatic carbocycles. The third-order valence-electron chi connectivity index (χ3n) is 5.15. The molecule has 0 radical (unpaired) electrons. The number of carbonyl (C=O) groups is 3. The summed E-state index contributed by atoms with van der Waals surface area (Å²) in [5, 5.41) is 0. The molecular formula is C21H19NO4. The van der Waals surface area contributed by atoms with Gasteiger partial charge in [-0.15, -0.1) is 0 Å². The molecule has 0 aromatic heterocycles. The molecule has 2 aromatic carbocycles. The largest absolute Gasteiger partial charge is 0.426 e. The van der Waals surface area contributed by atoms with Gasteiger partial charge in [0.1, 0.15) is 16.9 Å². The molecule has 2 aromatic rings. The van der Waals surface area contributed by atoms with Crippen LogP contribution in [0.5, 0.6) is 5.75 Å². The normalized spacial score (nSPS) is 18.5. The van der Waals surface area contributed by atoms with E-state index in [1.165, 1.54) is 0 Å². The zero-order chi connectivity index (χ0) is 18.1. The van der Waals surface area contributed by atoms with E-state index >= 15 is 0 Å². The van der Waals surface area contributed by atoms with Gasteiger partial charge in [-0.2, -0.15) is 0 Å². The van der Waals surface area contributed by atoms with E-state index in [9.17, 15) is 14.4 Å². The van der Waals surface area contributed by atoms with Crippen LogP contribution in [0.3, 0.4) is 0 Å². The molecule has 0 unspecified atom stereocenters. The highest BCUT2D eigenvalue weighted by Gasteiger charge is 2.52. The van der Waals surface area contributed by atoms with Gasteiger partial charge in [0, 0.05) is 31.5 Å². The van der Waals surface area contributed by atoms with E-state index < -0.39 is 11.4 Å². The Morgan fingerprint density at radius 3 is 2.23 bits per heavy atom. The van der Waals surface area contributed by atoms with Crippen molar-refractivity contribution >= 4 is 23.3 Å². The minimum atomic E-state index is -0.887. The Balaban J connectivity index is 1.52. The summed E-state index contributed by atoms with van der Waals surface area (Å²) in [5.74, 6) is 0.188. The van der Waals surface area contributed by atoms with Gasteiger partial charge in [-0.1, -0.05) is 30.3 Å². The highest BCUT2D eigenvalue weighted by Crippen LogP contribution is 2.42. The molecule has 132 valence electrons. The molecule has 0 spiro atoms. The fourth-order valence-corrected chi connectivity index (χ4v) is 3.66. The van der Waals surface area contributed by atoms with Crippen LogP contribution >= 0.6 is 0 Å². The summed E-state index contributed by atoms with van der Waals surface area (Å²) in [6.07, 6.45) is 1.79. The van der Waals surface area contributed by atoms with Crippen LogP contribution < -0.4 is 9.64 Å². The van der Waals surface area contributed by atoms with Crippen LogP contribution in [0, 0.1) is 0 Å². The first-order valence-electron chi connectivity index (χ1n) is 8.78. The van der Waals surface area contributed by atoms with Gasteiger partial charge in [-0.3, -0.25) is 14.4 Å². The lowest BCUT2D eigenvalue weighted by atomic mass is 9.63. The third kappa shape index (κ3) is 2.79. The predicted molar refractivity (Wildman–Crippen MR) is 96.0 cm³/mol. The van der Waals surface area contributed by atoms with E-state index in [1.807, 2.05) is 30.3 Å². The molecule has 1 saturated heterocycles. The summed E-state index contributed by atoms with van der Waals surface area (Å²) in [4.78, 5) is 38.0. The Hall–Kier alpha value is -2.95. The van der Waals surface area contributed by atoms with Gasteiger partial charge in [-0.25, -0.2) is 0 Å². The van der Waals surface area contributed by atoms with Crippen molar-refractivity contribution < 1.29 is 19.1 Å². The molecule has 2 fully saturated rings. The molecular weight excluding hydrogens is 330 g/mol. The number of hydrogen-bond donors (Lipinski definition) is 0. The molecule has 0 N–H and O–H groups in total. The lowest BCUT2D eigenvalue weighted by Gasteiger charge is -2.38. The Morgan fingerprint density at radius 2 is 1.65 bits per heavy atom. The minimum Gasteiger partial charge on any atom is -0.426 e. The summed E-state index contributed by atoms with van der Waals surface area (Å²) in [6.45, 7) is 0.719. The number of benzene rings is 2. The molecule has 0 atom stereocenters. The SMILES string of the molecule is O=C1CC(C(=O)Oc2ccc(N3CCCC3=O)cc2)(c2ccccc2)C1. The van der Waals surface area contributed by atoms with Crippen molar-refractivity contribution in [2.75, 3.05) is 11.4 Å². The molecule has 1 aliphatic heterocycles. The fraction of sp³-hybridized carbons (Fsp3) is 0.286. The molecule has 5 nitrogen and oxygen atoms in total. The first kappa shape index (κ1) is 16.5. The quantitative estimate of drug-likeness (QED) is 0.629. The standard InChI is InChI=1S/C21H19NO4/c23-17-13-21(14-17,15-5-2-1-3-6-15)20(25)26-18-10-8-16(9-11-18)22-12-4-7-19(22)24/h1-3,5-6,8-11H,4,7,12-14H2. The van der Waals surface area contributed by atoms with Crippen LogP contribution in [0.4, 0.5) is 5.69 Å². The second-order valence-electron chi connectivity index (χ2n) is 6.87. The second-order valence-corrected chi connectivity index (χ2v) is 6.87. The topological polar surface area (TPSA) is 63.7 Å². The van der Waals surface area contributed by atoms with Gasteiger partial charge in [0.15, 0.2) is 0 Å². The van der Waals surface area contributed by atoms with Crippen LogP contribution in [0.15, 0.2) is 54.6 Å². The van der Waals surface area contributed by atoms with Crippen LogP contribution in [-0.4, -0.2) is 24.2 Å². The van der Waals surface area contributed by atoms with Crippen LogP contribution in [0.2, 0.25) is 0 Å². The van der Waals surface area contributed by atoms with Gasteiger partial charge in [0.05, 0.1) is 0 Å². The first-order chi connectivity index (χ1) is 12.6. The van der Waals surface area contributed by atoms with Crippen molar-refractivity contribution in [3.8, 4) is 5.75 Å². The lowest BCUT2D eigenvalue weighted by Crippen LogP contribution is -2.50. The smallest absolute Gasteiger partial charge is 0.322 e.